The first-order valence-electron chi connectivity index (χ1n) is 40.3. The average molecular weight is 1790 g/mol. The Balaban J connectivity index is 0.000000142. The molecule has 12 unspecified atom stereocenters. The van der Waals surface area contributed by atoms with Gasteiger partial charge in [0.05, 0.1) is 19.0 Å². The summed E-state index contributed by atoms with van der Waals surface area (Å²) >= 11 is 0. The number of carbonyl (C=O) groups is 6. The first kappa shape index (κ1) is 88.3. The number of carbonyl (C=O) groups excluding carboxylic acids is 3. The van der Waals surface area contributed by atoms with Crippen LogP contribution in [0.5, 0.6) is 17.2 Å². The maximum Gasteiger partial charge on any atom is 0.339 e. The van der Waals surface area contributed by atoms with Gasteiger partial charge in [0.1, 0.15) is 128 Å². The Hall–Kier alpha value is -14.2. The van der Waals surface area contributed by atoms with Crippen LogP contribution in [0.3, 0.4) is 0 Å². The highest BCUT2D eigenvalue weighted by atomic mass is 19.1. The van der Waals surface area contributed by atoms with E-state index in [1.807, 2.05) is 13.8 Å². The molecule has 0 bridgehead atoms. The fraction of sp³-hybridized carbons (Fsp3) is 0.321. The molecule has 39 nitrogen and oxygen atoms in total. The molecule has 15 atom stereocenters. The zero-order valence-corrected chi connectivity index (χ0v) is 67.9. The lowest BCUT2D eigenvalue weighted by Gasteiger charge is -2.22. The summed E-state index contributed by atoms with van der Waals surface area (Å²) in [6.45, 7) is 6.24. The minimum absolute atomic E-state index is 0.174. The number of fused-ring (bicyclic) bond motifs is 6. The third-order valence-corrected chi connectivity index (χ3v) is 21.0. The highest BCUT2D eigenvalue weighted by Gasteiger charge is 2.58. The van der Waals surface area contributed by atoms with Crippen molar-refractivity contribution in [2.45, 2.75) is 133 Å². The number of anilines is 3. The summed E-state index contributed by atoms with van der Waals surface area (Å²) in [7, 11) is 0. The molecule has 45 heteroatoms. The first-order valence-corrected chi connectivity index (χ1v) is 40.3. The monoisotopic (exact) mass is 1790 g/mol. The summed E-state index contributed by atoms with van der Waals surface area (Å²) in [6.07, 6.45) is -1.86. The highest BCUT2D eigenvalue weighted by Crippen LogP contribution is 2.49. The van der Waals surface area contributed by atoms with Crippen LogP contribution in [0.25, 0.3) is 33.5 Å². The second kappa shape index (κ2) is 39.0. The van der Waals surface area contributed by atoms with E-state index in [2.05, 4.69) is 76.8 Å². The quantitative estimate of drug-likeness (QED) is 0.0170. The van der Waals surface area contributed by atoms with Gasteiger partial charge in [-0.25, -0.2) is 100.0 Å². The normalized spacial score (nSPS) is 22.8. The summed E-state index contributed by atoms with van der Waals surface area (Å²) < 4.78 is 162. The lowest BCUT2D eigenvalue weighted by molar-refractivity contribution is -0.152. The molecule has 0 aliphatic carbocycles. The van der Waals surface area contributed by atoms with Crippen molar-refractivity contribution in [3.8, 4) is 17.2 Å². The summed E-state index contributed by atoms with van der Waals surface area (Å²) in [6, 6.07) is 26.3. The molecule has 6 aromatic heterocycles. The van der Waals surface area contributed by atoms with Gasteiger partial charge in [0.15, 0.2) is 123 Å². The number of carboxylic acid groups (broad SMARTS) is 3. The fourth-order valence-electron chi connectivity index (χ4n) is 15.0. The van der Waals surface area contributed by atoms with Crippen molar-refractivity contribution in [2.75, 3.05) is 55.4 Å². The number of aromatic nitrogens is 12. The Labute approximate surface area is 724 Å². The smallest absolute Gasteiger partial charge is 0.339 e. The van der Waals surface area contributed by atoms with E-state index in [1.165, 1.54) is 147 Å². The van der Waals surface area contributed by atoms with Crippen molar-refractivity contribution < 1.29 is 127 Å². The number of unbranched alkanes of at least 4 members (excludes halogenated alkanes) is 1. The van der Waals surface area contributed by atoms with Crippen LogP contribution in [-0.4, -0.2) is 204 Å². The van der Waals surface area contributed by atoms with E-state index < -0.39 is 181 Å². The van der Waals surface area contributed by atoms with Crippen LogP contribution in [0.4, 0.5) is 58.2 Å². The van der Waals surface area contributed by atoms with E-state index in [4.69, 9.17) is 56.8 Å². The number of ether oxygens (including phenoxy) is 12. The Bertz CT molecular complexity index is 6110. The molecule has 6 aliphatic heterocycles. The third kappa shape index (κ3) is 19.0. The van der Waals surface area contributed by atoms with Crippen LogP contribution in [-0.2, 0) is 42.6 Å². The molecule has 9 N–H and O–H groups in total. The molecule has 6 aromatic carbocycles. The van der Waals surface area contributed by atoms with Gasteiger partial charge in [0.2, 0.25) is 0 Å². The maximum atomic E-state index is 14.6. The van der Waals surface area contributed by atoms with E-state index in [1.54, 1.807) is 20.6 Å². The molecule has 6 amide bonds. The summed E-state index contributed by atoms with van der Waals surface area (Å²) in [5, 5.41) is 44.5. The molecule has 129 heavy (non-hydrogen) atoms. The molecule has 12 heterocycles. The lowest BCUT2D eigenvalue weighted by Crippen LogP contribution is -2.33. The Kier molecular flexibility index (Phi) is 26.7. The van der Waals surface area contributed by atoms with Crippen molar-refractivity contribution in [1.82, 2.24) is 74.5 Å². The maximum absolute atomic E-state index is 14.6. The van der Waals surface area contributed by atoms with Gasteiger partial charge in [-0.1, -0.05) is 74.9 Å². The first-order chi connectivity index (χ1) is 62.5. The number of rotatable bonds is 27. The highest BCUT2D eigenvalue weighted by molar-refractivity contribution is 5.98. The molecule has 0 spiro atoms. The molecule has 6 fully saturated rings. The standard InChI is InChI=1S/C29H28F2N6O7.C28H26F2N6O7.C27H24F2N6O7/c1-2-3-11-32-29(40)36-24-20-25(34-13-33-24)37(14-35-20)26-23-22(43-28(44-23)15-7-9-16(30)10-8-15)19(42-26)12-41-21-17(27(38)39)5-4-6-18(21)31;1-2-10-31-28(39)35-23-19-24(33-12-32-23)36(13-34-19)25-22-21(42-27(43-22)14-6-8-15(29)9-7-14)18(41-25)11-40-20-16(26(37)38)4-3-5-17(20)30;1-2-30-27(38)34-22-18-23(32-11-31-22)35(12-33-18)24-21-20(41-26(42-21)13-6-8-14(28)9-7-13)17(40-24)10-39-19-15(25(36)37)4-3-5-16(19)29/h4-10,13-14,19,22-23,26,28H,2-3,11-12H2,1H3,(H,38,39)(H2,32,33,34,36,40);3-9,12-13,18,21-22,25,27H,2,10-11H2,1H3,(H,37,38)(H2,31,32,33,35,39);3-9,11-12,17,20-21,24,26H,2,10H2,1H3,(H,36,37)(H2,30,31,32,34,38)/t19?,22?,23?,26?,28-;18?,21?,22?,25?,27-;17?,20?,21?,24?,26-/m000/s1. The number of benzene rings is 6. The van der Waals surface area contributed by atoms with Crippen LogP contribution in [0.15, 0.2) is 165 Å². The minimum atomic E-state index is -1.36. The van der Waals surface area contributed by atoms with Crippen LogP contribution < -0.4 is 46.1 Å². The number of hydrogen-bond acceptors (Lipinski definition) is 27. The predicted octanol–water partition coefficient (Wildman–Crippen LogP) is 11.4. The SMILES string of the molecule is CCCCNC(=O)Nc1ncnc2c1ncn2C1OC(COc2c(F)cccc2C(=O)O)C2O[C@H](c3ccc(F)cc3)OC21.CCCNC(=O)Nc1ncnc2c1ncn2C1OC(COc2c(F)cccc2C(=O)O)C2O[C@H](c3ccc(F)cc3)OC21.CCNC(=O)Nc1ncnc2c1ncn2C1OC(COc2c(F)cccc2C(=O)O)C2O[C@H](c3ccc(F)cc3)OC21. The molecule has 12 aromatic rings. The number of aromatic carboxylic acids is 3. The van der Waals surface area contributed by atoms with E-state index >= 15 is 0 Å². The zero-order chi connectivity index (χ0) is 90.3. The van der Waals surface area contributed by atoms with E-state index in [0.29, 0.717) is 64.3 Å². The Morgan fingerprint density at radius 3 is 0.961 bits per heavy atom. The predicted molar refractivity (Wildman–Crippen MR) is 433 cm³/mol. The second-order valence-electron chi connectivity index (χ2n) is 29.4. The second-order valence-corrected chi connectivity index (χ2v) is 29.4. The van der Waals surface area contributed by atoms with E-state index in [-0.39, 0.29) is 59.5 Å². The molecule has 672 valence electrons. The van der Waals surface area contributed by atoms with Gasteiger partial charge in [-0.05, 0) is 92.6 Å². The van der Waals surface area contributed by atoms with Crippen LogP contribution in [0, 0.1) is 34.9 Å². The lowest BCUT2D eigenvalue weighted by atomic mass is 10.1. The molecule has 6 saturated heterocycles. The van der Waals surface area contributed by atoms with E-state index in [0.717, 1.165) is 37.5 Å². The number of imidazole rings is 3. The summed E-state index contributed by atoms with van der Waals surface area (Å²) in [5.41, 5.74) is 2.46. The number of urea groups is 3. The Morgan fingerprint density at radius 2 is 0.667 bits per heavy atom. The van der Waals surface area contributed by atoms with Gasteiger partial charge in [0, 0.05) is 36.3 Å². The summed E-state index contributed by atoms with van der Waals surface area (Å²) in [5.74, 6) is -8.66. The molecule has 18 rings (SSSR count). The largest absolute Gasteiger partial charge is 0.487 e. The van der Waals surface area contributed by atoms with Crippen molar-refractivity contribution in [1.29, 1.82) is 0 Å². The van der Waals surface area contributed by atoms with Crippen molar-refractivity contribution in [2.24, 2.45) is 0 Å². The number of carboxylic acids is 3. The van der Waals surface area contributed by atoms with Gasteiger partial charge < -0.3 is 88.1 Å². The van der Waals surface area contributed by atoms with Gasteiger partial charge in [-0.2, -0.15) is 0 Å². The number of para-hydroxylation sites is 3. The molecule has 6 aliphatic rings. The zero-order valence-electron chi connectivity index (χ0n) is 67.9. The fourth-order valence-corrected chi connectivity index (χ4v) is 15.0. The minimum Gasteiger partial charge on any atom is -0.487 e. The Morgan fingerprint density at radius 1 is 0.364 bits per heavy atom. The van der Waals surface area contributed by atoms with E-state index in [9.17, 15) is 70.4 Å². The number of nitrogens with one attached hydrogen (secondary N) is 6. The number of amides is 6. The van der Waals surface area contributed by atoms with Crippen LogP contribution in [0.2, 0.25) is 0 Å². The summed E-state index contributed by atoms with van der Waals surface area (Å²) in [4.78, 5) is 110. The average Bonchev–Trinajstić information content (AvgIpc) is 1.60. The van der Waals surface area contributed by atoms with Crippen molar-refractivity contribution in [3.05, 3.63) is 234 Å². The van der Waals surface area contributed by atoms with Gasteiger partial charge >= 0.3 is 36.0 Å². The van der Waals surface area contributed by atoms with Crippen molar-refractivity contribution >= 4 is 86.9 Å². The van der Waals surface area contributed by atoms with Gasteiger partial charge in [-0.15, -0.1) is 0 Å². The topological polar surface area (TPSA) is 477 Å². The molecule has 0 radical (unpaired) electrons. The third-order valence-electron chi connectivity index (χ3n) is 21.0. The molecule has 0 saturated carbocycles. The van der Waals surface area contributed by atoms with Crippen LogP contribution >= 0.6 is 0 Å². The van der Waals surface area contributed by atoms with Gasteiger partial charge in [0.25, 0.3) is 0 Å². The molecular formula is C84H78F6N18O21. The van der Waals surface area contributed by atoms with Crippen molar-refractivity contribution in [3.63, 3.8) is 0 Å². The molecular weight excluding hydrogens is 1710 g/mol. The number of halogens is 6. The van der Waals surface area contributed by atoms with Crippen LogP contribution in [0.1, 0.15) is 125 Å². The van der Waals surface area contributed by atoms with Gasteiger partial charge in [-0.3, -0.25) is 29.7 Å². The number of hydrogen-bond donors (Lipinski definition) is 9. The number of nitrogens with zero attached hydrogens (tertiary/aromatic N) is 12.